The van der Waals surface area contributed by atoms with Crippen molar-refractivity contribution in [3.8, 4) is 0 Å². The Morgan fingerprint density at radius 3 is 2.50 bits per heavy atom. The molecule has 0 atom stereocenters. The molecular weight excluding hydrogens is 308 g/mol. The predicted molar refractivity (Wildman–Crippen MR) is 90.1 cm³/mol. The number of aromatic nitrogens is 3. The summed E-state index contributed by atoms with van der Waals surface area (Å²) in [7, 11) is 0. The van der Waals surface area contributed by atoms with E-state index < -0.39 is 0 Å². The molecule has 2 aromatic heterocycles. The lowest BCUT2D eigenvalue weighted by Crippen LogP contribution is -2.30. The summed E-state index contributed by atoms with van der Waals surface area (Å²) in [6.45, 7) is 7.13. The van der Waals surface area contributed by atoms with Gasteiger partial charge in [-0.1, -0.05) is 11.2 Å². The Hall–Kier alpha value is -2.96. The fourth-order valence-corrected chi connectivity index (χ4v) is 2.75. The van der Waals surface area contributed by atoms with Crippen molar-refractivity contribution in [2.24, 2.45) is 0 Å². The zero-order valence-corrected chi connectivity index (χ0v) is 14.0. The Kier molecular flexibility index (Phi) is 3.92. The van der Waals surface area contributed by atoms with E-state index in [-0.39, 0.29) is 23.7 Å². The second-order valence-electron chi connectivity index (χ2n) is 5.92. The first-order valence-corrected chi connectivity index (χ1v) is 7.56. The van der Waals surface area contributed by atoms with Gasteiger partial charge in [-0.3, -0.25) is 14.2 Å². The van der Waals surface area contributed by atoms with Gasteiger partial charge in [-0.2, -0.15) is 4.98 Å². The van der Waals surface area contributed by atoms with Crippen molar-refractivity contribution in [2.45, 2.75) is 34.2 Å². The minimum absolute atomic E-state index is 0.120. The maximum atomic E-state index is 12.6. The van der Waals surface area contributed by atoms with E-state index >= 15 is 0 Å². The van der Waals surface area contributed by atoms with Crippen LogP contribution in [0.2, 0.25) is 0 Å². The third kappa shape index (κ3) is 2.92. The van der Waals surface area contributed by atoms with Gasteiger partial charge in [0.05, 0.1) is 5.69 Å². The zero-order chi connectivity index (χ0) is 17.4. The van der Waals surface area contributed by atoms with Crippen LogP contribution in [-0.4, -0.2) is 20.6 Å². The Balaban J connectivity index is 1.90. The van der Waals surface area contributed by atoms with Gasteiger partial charge in [-0.25, -0.2) is 0 Å². The fourth-order valence-electron chi connectivity index (χ4n) is 2.75. The molecule has 0 saturated heterocycles. The number of nitrogens with zero attached hydrogens (tertiary/aromatic N) is 3. The largest absolute Gasteiger partial charge is 0.335 e. The van der Waals surface area contributed by atoms with Crippen molar-refractivity contribution >= 4 is 22.7 Å². The van der Waals surface area contributed by atoms with E-state index in [2.05, 4.69) is 15.5 Å². The van der Waals surface area contributed by atoms with Crippen molar-refractivity contribution in [3.05, 3.63) is 51.2 Å². The van der Waals surface area contributed by atoms with Crippen LogP contribution in [0.1, 0.15) is 22.6 Å². The Morgan fingerprint density at radius 1 is 1.17 bits per heavy atom. The summed E-state index contributed by atoms with van der Waals surface area (Å²) in [5, 5.41) is 6.88. The molecular formula is C17H18N4O3. The van der Waals surface area contributed by atoms with Crippen molar-refractivity contribution < 1.29 is 9.32 Å². The van der Waals surface area contributed by atoms with Gasteiger partial charge in [0.1, 0.15) is 17.8 Å². The number of aryl methyl sites for hydroxylation is 4. The molecule has 2 heterocycles. The lowest BCUT2D eigenvalue weighted by molar-refractivity contribution is -0.116. The smallest absolute Gasteiger partial charge is 0.267 e. The lowest BCUT2D eigenvalue weighted by atomic mass is 10.1. The number of benzene rings is 1. The van der Waals surface area contributed by atoms with Crippen molar-refractivity contribution in [2.75, 3.05) is 5.32 Å². The molecule has 1 aromatic carbocycles. The molecule has 3 aromatic rings. The summed E-state index contributed by atoms with van der Waals surface area (Å²) < 4.78 is 6.34. The number of anilines is 1. The molecule has 1 N–H and O–H groups in total. The molecule has 124 valence electrons. The van der Waals surface area contributed by atoms with Gasteiger partial charge in [-0.05, 0) is 51.0 Å². The Bertz CT molecular complexity index is 981. The molecule has 0 radical (unpaired) electrons. The highest BCUT2D eigenvalue weighted by Crippen LogP contribution is 2.14. The van der Waals surface area contributed by atoms with Crippen LogP contribution in [0, 0.1) is 27.7 Å². The van der Waals surface area contributed by atoms with Gasteiger partial charge < -0.3 is 9.84 Å². The second-order valence-corrected chi connectivity index (χ2v) is 5.92. The first-order valence-electron chi connectivity index (χ1n) is 7.56. The van der Waals surface area contributed by atoms with Crippen LogP contribution in [0.5, 0.6) is 0 Å². The number of nitrogens with one attached hydrogen (secondary N) is 1. The van der Waals surface area contributed by atoms with Crippen LogP contribution in [0.15, 0.2) is 27.5 Å². The minimum Gasteiger partial charge on any atom is -0.335 e. The Labute approximate surface area is 138 Å². The molecule has 3 rings (SSSR count). The molecule has 0 aliphatic carbocycles. The molecule has 0 unspecified atom stereocenters. The van der Waals surface area contributed by atoms with Gasteiger partial charge >= 0.3 is 0 Å². The highest BCUT2D eigenvalue weighted by atomic mass is 16.5. The summed E-state index contributed by atoms with van der Waals surface area (Å²) >= 11 is 0. The third-order valence-corrected chi connectivity index (χ3v) is 3.76. The van der Waals surface area contributed by atoms with Crippen LogP contribution >= 0.6 is 0 Å². The maximum absolute atomic E-state index is 12.6. The van der Waals surface area contributed by atoms with E-state index in [0.717, 1.165) is 11.1 Å². The SMILES string of the molecule is Cc1cc(C)cc(NC(=O)Cn2c(C)nc3onc(C)c3c2=O)c1. The summed E-state index contributed by atoms with van der Waals surface area (Å²) in [5.74, 6) is 0.111. The number of carbonyl (C=O) groups is 1. The molecule has 7 heteroatoms. The molecule has 0 saturated carbocycles. The average Bonchev–Trinajstić information content (AvgIpc) is 2.83. The number of carbonyl (C=O) groups excluding carboxylic acids is 1. The number of hydrogen-bond acceptors (Lipinski definition) is 5. The first kappa shape index (κ1) is 15.9. The quantitative estimate of drug-likeness (QED) is 0.797. The molecule has 24 heavy (non-hydrogen) atoms. The second kappa shape index (κ2) is 5.92. The van der Waals surface area contributed by atoms with Crippen LogP contribution in [0.3, 0.4) is 0 Å². The van der Waals surface area contributed by atoms with Gasteiger partial charge in [0, 0.05) is 5.69 Å². The molecule has 0 aliphatic rings. The van der Waals surface area contributed by atoms with E-state index in [1.54, 1.807) is 13.8 Å². The molecule has 0 fully saturated rings. The van der Waals surface area contributed by atoms with Crippen molar-refractivity contribution in [1.82, 2.24) is 14.7 Å². The summed E-state index contributed by atoms with van der Waals surface area (Å²) in [6, 6.07) is 5.79. The standard InChI is InChI=1S/C17H18N4O3/c1-9-5-10(2)7-13(6-9)19-14(22)8-21-12(4)18-16-15(17(21)23)11(3)20-24-16/h5-7H,8H2,1-4H3,(H,19,22). The van der Waals surface area contributed by atoms with Gasteiger partial charge in [0.15, 0.2) is 0 Å². The van der Waals surface area contributed by atoms with Crippen molar-refractivity contribution in [3.63, 3.8) is 0 Å². The molecule has 7 nitrogen and oxygen atoms in total. The molecule has 0 bridgehead atoms. The van der Waals surface area contributed by atoms with Crippen LogP contribution in [0.25, 0.3) is 11.1 Å². The highest BCUT2D eigenvalue weighted by molar-refractivity contribution is 5.91. The van der Waals surface area contributed by atoms with E-state index in [4.69, 9.17) is 4.52 Å². The number of amides is 1. The predicted octanol–water partition coefficient (Wildman–Crippen LogP) is 2.26. The number of hydrogen-bond donors (Lipinski definition) is 1. The molecule has 1 amide bonds. The van der Waals surface area contributed by atoms with E-state index in [1.165, 1.54) is 4.57 Å². The normalized spacial score (nSPS) is 11.0. The molecule has 0 aliphatic heterocycles. The third-order valence-electron chi connectivity index (χ3n) is 3.76. The van der Waals surface area contributed by atoms with E-state index in [0.29, 0.717) is 22.6 Å². The maximum Gasteiger partial charge on any atom is 0.267 e. The first-order chi connectivity index (χ1) is 11.3. The summed E-state index contributed by atoms with van der Waals surface area (Å²) in [6.07, 6.45) is 0. The van der Waals surface area contributed by atoms with Gasteiger partial charge in [-0.15, -0.1) is 0 Å². The van der Waals surface area contributed by atoms with Gasteiger partial charge in [0.25, 0.3) is 11.3 Å². The fraction of sp³-hybridized carbons (Fsp3) is 0.294. The summed E-state index contributed by atoms with van der Waals surface area (Å²) in [4.78, 5) is 29.1. The van der Waals surface area contributed by atoms with Gasteiger partial charge in [0.2, 0.25) is 5.91 Å². The topological polar surface area (TPSA) is 90.0 Å². The van der Waals surface area contributed by atoms with Crippen LogP contribution in [-0.2, 0) is 11.3 Å². The van der Waals surface area contributed by atoms with Crippen molar-refractivity contribution in [1.29, 1.82) is 0 Å². The average molecular weight is 326 g/mol. The van der Waals surface area contributed by atoms with Crippen LogP contribution in [0.4, 0.5) is 5.69 Å². The molecule has 0 spiro atoms. The van der Waals surface area contributed by atoms with E-state index in [1.807, 2.05) is 32.0 Å². The monoisotopic (exact) mass is 326 g/mol. The number of fused-ring (bicyclic) bond motifs is 1. The van der Waals surface area contributed by atoms with Crippen LogP contribution < -0.4 is 10.9 Å². The summed E-state index contributed by atoms with van der Waals surface area (Å²) in [5.41, 5.74) is 3.15. The van der Waals surface area contributed by atoms with E-state index in [9.17, 15) is 9.59 Å². The number of rotatable bonds is 3. The lowest BCUT2D eigenvalue weighted by Gasteiger charge is -2.10. The zero-order valence-electron chi connectivity index (χ0n) is 14.0. The Morgan fingerprint density at radius 2 is 1.83 bits per heavy atom. The highest BCUT2D eigenvalue weighted by Gasteiger charge is 2.16. The minimum atomic E-state index is -0.327.